The summed E-state index contributed by atoms with van der Waals surface area (Å²) in [7, 11) is 0. The summed E-state index contributed by atoms with van der Waals surface area (Å²) in [6.45, 7) is 0.393. The molecular weight excluding hydrogens is 292 g/mol. The number of phenols is 1. The van der Waals surface area contributed by atoms with Gasteiger partial charge in [0.15, 0.2) is 0 Å². The molecule has 1 saturated heterocycles. The summed E-state index contributed by atoms with van der Waals surface area (Å²) in [4.78, 5) is 23.3. The second-order valence-corrected chi connectivity index (χ2v) is 5.03. The van der Waals surface area contributed by atoms with Crippen molar-refractivity contribution in [1.29, 1.82) is 0 Å². The van der Waals surface area contributed by atoms with E-state index in [1.54, 1.807) is 0 Å². The fourth-order valence-electron chi connectivity index (χ4n) is 1.78. The topological polar surface area (TPSA) is 83.7 Å². The number of amides is 1. The molecule has 1 aliphatic heterocycles. The number of halogens is 1. The van der Waals surface area contributed by atoms with Crippen LogP contribution in [0.3, 0.4) is 0 Å². The van der Waals surface area contributed by atoms with E-state index in [1.165, 1.54) is 17.0 Å². The van der Waals surface area contributed by atoms with Gasteiger partial charge in [-0.05, 0) is 12.1 Å². The van der Waals surface area contributed by atoms with E-state index in [1.807, 2.05) is 0 Å². The molecule has 1 aliphatic rings. The maximum absolute atomic E-state index is 11.7. The number of hydrogen-bond donors (Lipinski definition) is 1. The van der Waals surface area contributed by atoms with Crippen LogP contribution in [0.2, 0.25) is 0 Å². The minimum absolute atomic E-state index is 0.00315. The number of nitrogens with zero attached hydrogens (tertiary/aromatic N) is 2. The minimum atomic E-state index is -0.607. The molecule has 0 spiro atoms. The van der Waals surface area contributed by atoms with Gasteiger partial charge in [-0.2, -0.15) is 0 Å². The highest BCUT2D eigenvalue weighted by Gasteiger charge is 2.32. The van der Waals surface area contributed by atoms with Crippen LogP contribution in [0.4, 0.5) is 11.4 Å². The number of phenolic OH excluding ortho intramolecular Hbond substituents is 1. The van der Waals surface area contributed by atoms with Gasteiger partial charge >= 0.3 is 0 Å². The molecule has 1 amide bonds. The zero-order chi connectivity index (χ0) is 12.6. The van der Waals surface area contributed by atoms with Crippen LogP contribution in [-0.4, -0.2) is 27.3 Å². The van der Waals surface area contributed by atoms with Crippen LogP contribution >= 0.6 is 15.9 Å². The molecule has 1 aromatic carbocycles. The Labute approximate surface area is 105 Å². The third-order valence-electron chi connectivity index (χ3n) is 2.52. The molecule has 0 bridgehead atoms. The zero-order valence-electron chi connectivity index (χ0n) is 8.67. The summed E-state index contributed by atoms with van der Waals surface area (Å²) in [6, 6.07) is 3.76. The Morgan fingerprint density at radius 3 is 2.76 bits per heavy atom. The maximum Gasteiger partial charge on any atom is 0.296 e. The molecule has 1 heterocycles. The summed E-state index contributed by atoms with van der Waals surface area (Å²) in [6.07, 6.45) is 0.317. The number of rotatable bonds is 2. The molecule has 1 N–H and O–H groups in total. The smallest absolute Gasteiger partial charge is 0.296 e. The van der Waals surface area contributed by atoms with Crippen LogP contribution < -0.4 is 4.90 Å². The molecule has 90 valence electrons. The Morgan fingerprint density at radius 2 is 2.24 bits per heavy atom. The SMILES string of the molecule is O=C1CC(Br)CN1c1ccc(O)cc1[N+](=O)[O-]. The van der Waals surface area contributed by atoms with Gasteiger partial charge in [-0.1, -0.05) is 15.9 Å². The molecule has 0 aliphatic carbocycles. The highest BCUT2D eigenvalue weighted by atomic mass is 79.9. The number of benzene rings is 1. The van der Waals surface area contributed by atoms with Crippen LogP contribution in [0.5, 0.6) is 5.75 Å². The predicted octanol–water partition coefficient (Wildman–Crippen LogP) is 1.80. The van der Waals surface area contributed by atoms with Gasteiger partial charge in [0, 0.05) is 17.8 Å². The van der Waals surface area contributed by atoms with E-state index >= 15 is 0 Å². The second-order valence-electron chi connectivity index (χ2n) is 3.74. The minimum Gasteiger partial charge on any atom is -0.508 e. The second kappa shape index (κ2) is 4.33. The van der Waals surface area contributed by atoms with Crippen LogP contribution in [0, 0.1) is 10.1 Å². The average molecular weight is 301 g/mol. The van der Waals surface area contributed by atoms with Crippen molar-refractivity contribution in [3.8, 4) is 5.75 Å². The first-order chi connectivity index (χ1) is 7.99. The Morgan fingerprint density at radius 1 is 1.53 bits per heavy atom. The molecule has 7 heteroatoms. The van der Waals surface area contributed by atoms with Crippen LogP contribution in [-0.2, 0) is 4.79 Å². The van der Waals surface area contributed by atoms with Gasteiger partial charge in [0.1, 0.15) is 11.4 Å². The van der Waals surface area contributed by atoms with Gasteiger partial charge in [-0.15, -0.1) is 0 Å². The van der Waals surface area contributed by atoms with Gasteiger partial charge in [0.25, 0.3) is 5.69 Å². The summed E-state index contributed by atoms with van der Waals surface area (Å²) in [5.74, 6) is -0.358. The van der Waals surface area contributed by atoms with Gasteiger partial charge in [-0.25, -0.2) is 0 Å². The Kier molecular flexibility index (Phi) is 3.01. The number of aromatic hydroxyl groups is 1. The van der Waals surface area contributed by atoms with E-state index < -0.39 is 4.92 Å². The predicted molar refractivity (Wildman–Crippen MR) is 64.4 cm³/mol. The Balaban J connectivity index is 2.45. The molecule has 17 heavy (non-hydrogen) atoms. The first kappa shape index (κ1) is 11.8. The molecule has 1 fully saturated rings. The van der Waals surface area contributed by atoms with E-state index in [0.717, 1.165) is 6.07 Å². The summed E-state index contributed by atoms with van der Waals surface area (Å²) in [5, 5.41) is 20.1. The average Bonchev–Trinajstić information content (AvgIpc) is 2.57. The fourth-order valence-corrected chi connectivity index (χ4v) is 2.35. The number of anilines is 1. The van der Waals surface area contributed by atoms with Crippen molar-refractivity contribution in [2.45, 2.75) is 11.2 Å². The molecule has 1 aromatic rings. The van der Waals surface area contributed by atoms with Crippen molar-refractivity contribution in [2.24, 2.45) is 0 Å². The van der Waals surface area contributed by atoms with E-state index in [4.69, 9.17) is 0 Å². The lowest BCUT2D eigenvalue weighted by molar-refractivity contribution is -0.384. The van der Waals surface area contributed by atoms with Crippen LogP contribution in [0.25, 0.3) is 0 Å². The molecule has 0 radical (unpaired) electrons. The van der Waals surface area contributed by atoms with Crippen molar-refractivity contribution < 1.29 is 14.8 Å². The van der Waals surface area contributed by atoms with E-state index in [0.29, 0.717) is 13.0 Å². The number of alkyl halides is 1. The normalized spacial score (nSPS) is 19.7. The zero-order valence-corrected chi connectivity index (χ0v) is 10.3. The van der Waals surface area contributed by atoms with E-state index in [2.05, 4.69) is 15.9 Å². The van der Waals surface area contributed by atoms with Gasteiger partial charge in [0.05, 0.1) is 11.0 Å². The molecule has 0 saturated carbocycles. The van der Waals surface area contributed by atoms with Crippen molar-refractivity contribution in [1.82, 2.24) is 0 Å². The highest BCUT2D eigenvalue weighted by Crippen LogP contribution is 2.35. The standard InChI is InChI=1S/C10H9BrN2O4/c11-6-3-10(15)12(5-6)8-2-1-7(14)4-9(8)13(16)17/h1-2,4,6,14H,3,5H2. The highest BCUT2D eigenvalue weighted by molar-refractivity contribution is 9.09. The molecule has 6 nitrogen and oxygen atoms in total. The van der Waals surface area contributed by atoms with Gasteiger partial charge in [0.2, 0.25) is 5.91 Å². The van der Waals surface area contributed by atoms with Crippen molar-refractivity contribution in [2.75, 3.05) is 11.4 Å². The summed E-state index contributed by atoms with van der Waals surface area (Å²) >= 11 is 3.31. The quantitative estimate of drug-likeness (QED) is 0.513. The van der Waals surface area contributed by atoms with E-state index in [-0.39, 0.29) is 27.9 Å². The monoisotopic (exact) mass is 300 g/mol. The molecular formula is C10H9BrN2O4. The lowest BCUT2D eigenvalue weighted by Gasteiger charge is -2.15. The first-order valence-electron chi connectivity index (χ1n) is 4.91. The molecule has 1 unspecified atom stereocenters. The third kappa shape index (κ3) is 2.23. The van der Waals surface area contributed by atoms with E-state index in [9.17, 15) is 20.0 Å². The Hall–Kier alpha value is -1.63. The molecule has 0 aromatic heterocycles. The maximum atomic E-state index is 11.7. The largest absolute Gasteiger partial charge is 0.508 e. The van der Waals surface area contributed by atoms with Gasteiger partial charge in [-0.3, -0.25) is 14.9 Å². The number of nitro benzene ring substituents is 1. The van der Waals surface area contributed by atoms with Crippen molar-refractivity contribution >= 4 is 33.2 Å². The Bertz CT molecular complexity index is 491. The number of hydrogen-bond acceptors (Lipinski definition) is 4. The van der Waals surface area contributed by atoms with Crippen molar-refractivity contribution in [3.05, 3.63) is 28.3 Å². The first-order valence-corrected chi connectivity index (χ1v) is 5.82. The number of carbonyl (C=O) groups is 1. The molecule has 2 rings (SSSR count). The summed E-state index contributed by atoms with van der Waals surface area (Å²) in [5.41, 5.74) is -0.0419. The lowest BCUT2D eigenvalue weighted by Crippen LogP contribution is -2.25. The number of carbonyl (C=O) groups excluding carboxylic acids is 1. The van der Waals surface area contributed by atoms with Crippen LogP contribution in [0.15, 0.2) is 18.2 Å². The van der Waals surface area contributed by atoms with Gasteiger partial charge < -0.3 is 10.0 Å². The fraction of sp³-hybridized carbons (Fsp3) is 0.300. The molecule has 1 atom stereocenters. The van der Waals surface area contributed by atoms with Crippen molar-refractivity contribution in [3.63, 3.8) is 0 Å². The third-order valence-corrected chi connectivity index (χ3v) is 3.14. The summed E-state index contributed by atoms with van der Waals surface area (Å²) < 4.78 is 0. The number of nitro groups is 1. The van der Waals surface area contributed by atoms with Crippen LogP contribution in [0.1, 0.15) is 6.42 Å². The lowest BCUT2D eigenvalue weighted by atomic mass is 10.2.